The molecule has 1 aliphatic carbocycles. The summed E-state index contributed by atoms with van der Waals surface area (Å²) < 4.78 is 0. The number of amides is 1. The van der Waals surface area contributed by atoms with Crippen LogP contribution in [0.3, 0.4) is 0 Å². The molecule has 26 heavy (non-hydrogen) atoms. The lowest BCUT2D eigenvalue weighted by Crippen LogP contribution is -2.37. The predicted molar refractivity (Wildman–Crippen MR) is 107 cm³/mol. The van der Waals surface area contributed by atoms with Crippen LogP contribution < -0.4 is 5.32 Å². The fourth-order valence-electron chi connectivity index (χ4n) is 3.15. The third-order valence-corrected chi connectivity index (χ3v) is 5.68. The van der Waals surface area contributed by atoms with Crippen molar-refractivity contribution in [3.63, 3.8) is 0 Å². The molecule has 136 valence electrons. The third-order valence-electron chi connectivity index (χ3n) is 4.59. The van der Waals surface area contributed by atoms with Gasteiger partial charge in [-0.25, -0.2) is 0 Å². The monoisotopic (exact) mass is 367 g/mol. The molecule has 0 radical (unpaired) electrons. The van der Waals surface area contributed by atoms with E-state index < -0.39 is 0 Å². The Balaban J connectivity index is 1.64. The summed E-state index contributed by atoms with van der Waals surface area (Å²) in [5.41, 5.74) is 2.27. The van der Waals surface area contributed by atoms with Crippen LogP contribution >= 0.6 is 11.8 Å². The van der Waals surface area contributed by atoms with Gasteiger partial charge in [-0.3, -0.25) is 4.79 Å². The number of rotatable bonds is 5. The van der Waals surface area contributed by atoms with E-state index in [0.717, 1.165) is 36.1 Å². The van der Waals surface area contributed by atoms with Gasteiger partial charge in [0.05, 0.1) is 6.10 Å². The zero-order valence-corrected chi connectivity index (χ0v) is 15.8. The summed E-state index contributed by atoms with van der Waals surface area (Å²) in [5.74, 6) is -0.0678. The summed E-state index contributed by atoms with van der Waals surface area (Å²) >= 11 is 1.71. The van der Waals surface area contributed by atoms with Gasteiger partial charge in [0.15, 0.2) is 0 Å². The van der Waals surface area contributed by atoms with E-state index >= 15 is 0 Å². The molecule has 4 heteroatoms. The summed E-state index contributed by atoms with van der Waals surface area (Å²) in [6, 6.07) is 16.7. The largest absolute Gasteiger partial charge is 0.393 e. The van der Waals surface area contributed by atoms with E-state index in [0.29, 0.717) is 0 Å². The van der Waals surface area contributed by atoms with Gasteiger partial charge in [-0.05, 0) is 62.4 Å². The highest BCUT2D eigenvalue weighted by atomic mass is 32.2. The van der Waals surface area contributed by atoms with Crippen LogP contribution in [-0.2, 0) is 4.79 Å². The number of aliphatic hydroxyl groups excluding tert-OH is 1. The number of nitrogens with one attached hydrogen (secondary N) is 1. The molecule has 2 N–H and O–H groups in total. The van der Waals surface area contributed by atoms with Gasteiger partial charge < -0.3 is 10.4 Å². The number of benzene rings is 2. The minimum atomic E-state index is -0.204. The van der Waals surface area contributed by atoms with Gasteiger partial charge in [0.25, 0.3) is 0 Å². The van der Waals surface area contributed by atoms with E-state index in [1.54, 1.807) is 17.8 Å². The lowest BCUT2D eigenvalue weighted by molar-refractivity contribution is -0.117. The topological polar surface area (TPSA) is 49.3 Å². The fraction of sp³-hybridized carbons (Fsp3) is 0.318. The molecule has 1 fully saturated rings. The standard InChI is InChI=1S/C22H25NO2S/c1-16-5-4-7-20(15-16)26-21-8-3-2-6-17(21)9-14-22(25)23-18-10-12-19(24)13-11-18/h2-9,14-15,18-19,24H,10-13H2,1H3,(H,23,25). The van der Waals surface area contributed by atoms with Crippen LogP contribution in [0.1, 0.15) is 36.8 Å². The molecule has 0 spiro atoms. The first-order chi connectivity index (χ1) is 12.6. The number of carbonyl (C=O) groups is 1. The molecule has 0 heterocycles. The van der Waals surface area contributed by atoms with Crippen LogP contribution in [0.2, 0.25) is 0 Å². The van der Waals surface area contributed by atoms with E-state index in [2.05, 4.69) is 42.6 Å². The van der Waals surface area contributed by atoms with Gasteiger partial charge in [-0.2, -0.15) is 0 Å². The molecule has 1 amide bonds. The van der Waals surface area contributed by atoms with E-state index in [1.807, 2.05) is 24.3 Å². The molecule has 0 atom stereocenters. The second-order valence-corrected chi connectivity index (χ2v) is 7.92. The average Bonchev–Trinajstić information content (AvgIpc) is 2.63. The zero-order valence-electron chi connectivity index (χ0n) is 15.0. The van der Waals surface area contributed by atoms with Crippen LogP contribution in [-0.4, -0.2) is 23.2 Å². The maximum Gasteiger partial charge on any atom is 0.244 e. The Morgan fingerprint density at radius 1 is 1.12 bits per heavy atom. The average molecular weight is 368 g/mol. The Labute approximate surface area is 159 Å². The Morgan fingerprint density at radius 2 is 1.88 bits per heavy atom. The number of hydrogen-bond donors (Lipinski definition) is 2. The van der Waals surface area contributed by atoms with Crippen molar-refractivity contribution in [1.82, 2.24) is 5.32 Å². The molecule has 0 bridgehead atoms. The minimum absolute atomic E-state index is 0.0678. The minimum Gasteiger partial charge on any atom is -0.393 e. The summed E-state index contributed by atoms with van der Waals surface area (Å²) in [5, 5.41) is 12.6. The normalized spacial score (nSPS) is 20.2. The lowest BCUT2D eigenvalue weighted by atomic mass is 9.93. The van der Waals surface area contributed by atoms with Gasteiger partial charge in [0.2, 0.25) is 5.91 Å². The fourth-order valence-corrected chi connectivity index (χ4v) is 4.20. The van der Waals surface area contributed by atoms with Crippen molar-refractivity contribution >= 4 is 23.7 Å². The first-order valence-electron chi connectivity index (χ1n) is 9.10. The maximum atomic E-state index is 12.2. The quantitative estimate of drug-likeness (QED) is 0.761. The SMILES string of the molecule is Cc1cccc(Sc2ccccc2C=CC(=O)NC2CCC(O)CC2)c1. The molecule has 0 unspecified atom stereocenters. The molecule has 0 saturated heterocycles. The Kier molecular flexibility index (Phi) is 6.53. The molecule has 2 aromatic carbocycles. The highest BCUT2D eigenvalue weighted by Gasteiger charge is 2.19. The van der Waals surface area contributed by atoms with Crippen molar-refractivity contribution < 1.29 is 9.90 Å². The number of hydrogen-bond acceptors (Lipinski definition) is 3. The number of aliphatic hydroxyl groups is 1. The molecular formula is C22H25NO2S. The first-order valence-corrected chi connectivity index (χ1v) is 9.92. The van der Waals surface area contributed by atoms with Crippen molar-refractivity contribution in [3.8, 4) is 0 Å². The van der Waals surface area contributed by atoms with E-state index in [4.69, 9.17) is 0 Å². The van der Waals surface area contributed by atoms with Crippen LogP contribution in [0, 0.1) is 6.92 Å². The number of carbonyl (C=O) groups excluding carboxylic acids is 1. The molecule has 0 aliphatic heterocycles. The Bertz CT molecular complexity index is 779. The van der Waals surface area contributed by atoms with Crippen LogP contribution in [0.4, 0.5) is 0 Å². The van der Waals surface area contributed by atoms with E-state index in [9.17, 15) is 9.90 Å². The maximum absolute atomic E-state index is 12.2. The Morgan fingerprint density at radius 3 is 2.65 bits per heavy atom. The van der Waals surface area contributed by atoms with Gasteiger partial charge in [0, 0.05) is 21.9 Å². The molecule has 1 aliphatic rings. The van der Waals surface area contributed by atoms with Crippen molar-refractivity contribution in [3.05, 3.63) is 65.7 Å². The van der Waals surface area contributed by atoms with Gasteiger partial charge >= 0.3 is 0 Å². The lowest BCUT2D eigenvalue weighted by Gasteiger charge is -2.25. The highest BCUT2D eigenvalue weighted by Crippen LogP contribution is 2.31. The second-order valence-electron chi connectivity index (χ2n) is 6.80. The molecule has 3 rings (SSSR count). The van der Waals surface area contributed by atoms with Gasteiger partial charge in [-0.15, -0.1) is 0 Å². The molecular weight excluding hydrogens is 342 g/mol. The van der Waals surface area contributed by atoms with E-state index in [-0.39, 0.29) is 18.1 Å². The van der Waals surface area contributed by atoms with Crippen molar-refractivity contribution in [2.45, 2.75) is 54.5 Å². The smallest absolute Gasteiger partial charge is 0.244 e. The van der Waals surface area contributed by atoms with Crippen molar-refractivity contribution in [1.29, 1.82) is 0 Å². The summed E-state index contributed by atoms with van der Waals surface area (Å²) in [6.45, 7) is 2.09. The molecule has 3 nitrogen and oxygen atoms in total. The number of aryl methyl sites for hydroxylation is 1. The third kappa shape index (κ3) is 5.48. The van der Waals surface area contributed by atoms with Gasteiger partial charge in [0.1, 0.15) is 0 Å². The summed E-state index contributed by atoms with van der Waals surface area (Å²) in [7, 11) is 0. The van der Waals surface area contributed by atoms with Crippen LogP contribution in [0.5, 0.6) is 0 Å². The van der Waals surface area contributed by atoms with E-state index in [1.165, 1.54) is 10.5 Å². The molecule has 2 aromatic rings. The Hall–Kier alpha value is -2.04. The van der Waals surface area contributed by atoms with Gasteiger partial charge in [-0.1, -0.05) is 47.7 Å². The summed E-state index contributed by atoms with van der Waals surface area (Å²) in [6.07, 6.45) is 6.52. The van der Waals surface area contributed by atoms with Crippen molar-refractivity contribution in [2.75, 3.05) is 0 Å². The van der Waals surface area contributed by atoms with Crippen molar-refractivity contribution in [2.24, 2.45) is 0 Å². The van der Waals surface area contributed by atoms with Crippen LogP contribution in [0.25, 0.3) is 6.08 Å². The highest BCUT2D eigenvalue weighted by molar-refractivity contribution is 7.99. The predicted octanol–water partition coefficient (Wildman–Crippen LogP) is 4.58. The summed E-state index contributed by atoms with van der Waals surface area (Å²) in [4.78, 5) is 14.5. The second kappa shape index (κ2) is 9.06. The molecule has 1 saturated carbocycles. The first kappa shape index (κ1) is 18.7. The van der Waals surface area contributed by atoms with Crippen LogP contribution in [0.15, 0.2) is 64.4 Å². The zero-order chi connectivity index (χ0) is 18.4. The molecule has 0 aromatic heterocycles.